The van der Waals surface area contributed by atoms with E-state index in [0.29, 0.717) is 6.61 Å². The average Bonchev–Trinajstić information content (AvgIpc) is 2.57. The number of carbonyl (C=O) groups excluding carboxylic acids is 1. The zero-order valence-electron chi connectivity index (χ0n) is 13.7. The molecule has 0 amide bonds. The maximum absolute atomic E-state index is 13.3. The molecule has 25 heavy (non-hydrogen) atoms. The van der Waals surface area contributed by atoms with Crippen LogP contribution in [0.4, 0.5) is 22.0 Å². The number of likely N-dealkylation sites (N-methyl/N-ethyl adjacent to an activating group) is 1. The van der Waals surface area contributed by atoms with Crippen LogP contribution in [0.1, 0.15) is 6.42 Å². The highest BCUT2D eigenvalue weighted by Crippen LogP contribution is 2.29. The smallest absolute Gasteiger partial charge is 0.313 e. The Hall–Kier alpha value is -1.78. The molecule has 0 N–H and O–H groups in total. The minimum absolute atomic E-state index is 0.161. The molecule has 0 fully saturated rings. The van der Waals surface area contributed by atoms with Crippen LogP contribution in [0, 0.1) is 29.1 Å². The Balaban J connectivity index is 2.36. The van der Waals surface area contributed by atoms with E-state index in [0.717, 1.165) is 6.54 Å². The highest BCUT2D eigenvalue weighted by atomic mass is 19.2. The van der Waals surface area contributed by atoms with E-state index < -0.39 is 47.2 Å². The minimum atomic E-state index is -2.33. The highest BCUT2D eigenvalue weighted by Gasteiger charge is 2.28. The molecular formula is C15H18F5NO4. The summed E-state index contributed by atoms with van der Waals surface area (Å²) in [7, 11) is 3.77. The van der Waals surface area contributed by atoms with Crippen molar-refractivity contribution in [2.24, 2.45) is 0 Å². The fraction of sp³-hybridized carbons (Fsp3) is 0.533. The molecule has 0 unspecified atom stereocenters. The maximum atomic E-state index is 13.3. The Kier molecular flexibility index (Phi) is 8.73. The van der Waals surface area contributed by atoms with Gasteiger partial charge in [-0.15, -0.1) is 0 Å². The summed E-state index contributed by atoms with van der Waals surface area (Å²) >= 11 is 0. The fourth-order valence-corrected chi connectivity index (χ4v) is 1.56. The lowest BCUT2D eigenvalue weighted by Gasteiger charge is -2.10. The molecular weight excluding hydrogens is 353 g/mol. The number of hydrogen-bond donors (Lipinski definition) is 0. The quantitative estimate of drug-likeness (QED) is 0.158. The molecule has 1 aromatic rings. The van der Waals surface area contributed by atoms with Gasteiger partial charge in [0.05, 0.1) is 32.8 Å². The van der Waals surface area contributed by atoms with Gasteiger partial charge in [0.1, 0.15) is 0 Å². The van der Waals surface area contributed by atoms with Gasteiger partial charge in [-0.05, 0) is 14.1 Å². The average molecular weight is 371 g/mol. The van der Waals surface area contributed by atoms with Crippen LogP contribution in [0.2, 0.25) is 0 Å². The van der Waals surface area contributed by atoms with Crippen molar-refractivity contribution in [1.29, 1.82) is 0 Å². The molecule has 0 aliphatic heterocycles. The Morgan fingerprint density at radius 2 is 1.28 bits per heavy atom. The van der Waals surface area contributed by atoms with Gasteiger partial charge in [0.2, 0.25) is 34.8 Å². The molecule has 0 radical (unpaired) electrons. The lowest BCUT2D eigenvalue weighted by Crippen LogP contribution is -2.19. The monoisotopic (exact) mass is 371 g/mol. The second-order valence-electron chi connectivity index (χ2n) is 5.15. The molecule has 142 valence electrons. The first-order chi connectivity index (χ1) is 11.8. The van der Waals surface area contributed by atoms with E-state index >= 15 is 0 Å². The molecule has 5 nitrogen and oxygen atoms in total. The molecule has 10 heteroatoms. The van der Waals surface area contributed by atoms with Gasteiger partial charge < -0.3 is 19.1 Å². The normalized spacial score (nSPS) is 11.2. The molecule has 0 spiro atoms. The summed E-state index contributed by atoms with van der Waals surface area (Å²) < 4.78 is 79.9. The summed E-state index contributed by atoms with van der Waals surface area (Å²) in [6, 6.07) is 0. The molecule has 0 aliphatic carbocycles. The van der Waals surface area contributed by atoms with Gasteiger partial charge in [0, 0.05) is 6.54 Å². The number of hydrogen-bond acceptors (Lipinski definition) is 5. The van der Waals surface area contributed by atoms with Crippen molar-refractivity contribution in [3.63, 3.8) is 0 Å². The Bertz CT molecular complexity index is 569. The van der Waals surface area contributed by atoms with E-state index in [-0.39, 0.29) is 19.8 Å². The lowest BCUT2D eigenvalue weighted by molar-refractivity contribution is -0.136. The number of halogens is 5. The first kappa shape index (κ1) is 21.3. The summed E-state index contributed by atoms with van der Waals surface area (Å²) in [5.41, 5.74) is 0. The van der Waals surface area contributed by atoms with Crippen molar-refractivity contribution in [2.45, 2.75) is 6.42 Å². The molecule has 1 aromatic carbocycles. The highest BCUT2D eigenvalue weighted by molar-refractivity contribution is 5.72. The van der Waals surface area contributed by atoms with Gasteiger partial charge in [0.25, 0.3) is 0 Å². The van der Waals surface area contributed by atoms with Crippen molar-refractivity contribution in [3.05, 3.63) is 29.1 Å². The second kappa shape index (κ2) is 10.3. The summed E-state index contributed by atoms with van der Waals surface area (Å²) in [6.07, 6.45) is -0.433. The summed E-state index contributed by atoms with van der Waals surface area (Å²) in [6.45, 7) is 1.52. The third-order valence-corrected chi connectivity index (χ3v) is 2.89. The lowest BCUT2D eigenvalue weighted by atomic mass is 10.2. The van der Waals surface area contributed by atoms with Gasteiger partial charge in [-0.3, -0.25) is 4.79 Å². The van der Waals surface area contributed by atoms with Gasteiger partial charge >= 0.3 is 5.97 Å². The van der Waals surface area contributed by atoms with E-state index in [4.69, 9.17) is 9.47 Å². The van der Waals surface area contributed by atoms with Crippen molar-refractivity contribution >= 4 is 5.97 Å². The van der Waals surface area contributed by atoms with Gasteiger partial charge in [0.15, 0.2) is 0 Å². The molecule has 0 aromatic heterocycles. The molecule has 0 saturated heterocycles. The SMILES string of the molecule is CN(C)CCOCCOCCC(=O)Oc1c(F)c(F)c(F)c(F)c1F. The first-order valence-electron chi connectivity index (χ1n) is 7.28. The number of ether oxygens (including phenoxy) is 3. The molecule has 1 rings (SSSR count). The van der Waals surface area contributed by atoms with E-state index in [1.807, 2.05) is 19.0 Å². The third kappa shape index (κ3) is 6.56. The van der Waals surface area contributed by atoms with Gasteiger partial charge in [-0.2, -0.15) is 8.78 Å². The van der Waals surface area contributed by atoms with Crippen LogP contribution in [0.25, 0.3) is 0 Å². The predicted octanol–water partition coefficient (Wildman–Crippen LogP) is 2.27. The summed E-state index contributed by atoms with van der Waals surface area (Å²) in [4.78, 5) is 13.4. The van der Waals surface area contributed by atoms with E-state index in [1.165, 1.54) is 0 Å². The van der Waals surface area contributed by atoms with Crippen molar-refractivity contribution < 1.29 is 41.0 Å². The maximum Gasteiger partial charge on any atom is 0.313 e. The van der Waals surface area contributed by atoms with E-state index in [1.54, 1.807) is 0 Å². The molecule has 0 bridgehead atoms. The van der Waals surface area contributed by atoms with Crippen LogP contribution in [0.15, 0.2) is 0 Å². The molecule has 0 atom stereocenters. The zero-order valence-corrected chi connectivity index (χ0v) is 13.7. The van der Waals surface area contributed by atoms with Crippen LogP contribution in [0.3, 0.4) is 0 Å². The Morgan fingerprint density at radius 3 is 1.80 bits per heavy atom. The van der Waals surface area contributed by atoms with Crippen LogP contribution >= 0.6 is 0 Å². The van der Waals surface area contributed by atoms with Crippen molar-refractivity contribution in [2.75, 3.05) is 47.1 Å². The van der Waals surface area contributed by atoms with Crippen molar-refractivity contribution in [3.8, 4) is 5.75 Å². The Morgan fingerprint density at radius 1 is 0.800 bits per heavy atom. The summed E-state index contributed by atoms with van der Waals surface area (Å²) in [5.74, 6) is -13.9. The van der Waals surface area contributed by atoms with Crippen LogP contribution in [-0.2, 0) is 14.3 Å². The zero-order chi connectivity index (χ0) is 19.0. The number of carbonyl (C=O) groups is 1. The Labute approximate surface area is 141 Å². The third-order valence-electron chi connectivity index (χ3n) is 2.89. The summed E-state index contributed by atoms with van der Waals surface area (Å²) in [5, 5.41) is 0. The van der Waals surface area contributed by atoms with Gasteiger partial charge in [-0.1, -0.05) is 0 Å². The number of benzene rings is 1. The fourth-order valence-electron chi connectivity index (χ4n) is 1.56. The van der Waals surface area contributed by atoms with E-state index in [2.05, 4.69) is 4.74 Å². The molecule has 0 saturated carbocycles. The number of nitrogens with zero attached hydrogens (tertiary/aromatic N) is 1. The topological polar surface area (TPSA) is 48.0 Å². The number of rotatable bonds is 10. The predicted molar refractivity (Wildman–Crippen MR) is 76.7 cm³/mol. The largest absolute Gasteiger partial charge is 0.420 e. The van der Waals surface area contributed by atoms with E-state index in [9.17, 15) is 26.7 Å². The first-order valence-corrected chi connectivity index (χ1v) is 7.28. The van der Waals surface area contributed by atoms with Gasteiger partial charge in [-0.25, -0.2) is 13.2 Å². The number of esters is 1. The van der Waals surface area contributed by atoms with Crippen LogP contribution < -0.4 is 4.74 Å². The molecule has 0 aliphatic rings. The van der Waals surface area contributed by atoms with Crippen LogP contribution in [0.5, 0.6) is 5.75 Å². The second-order valence-corrected chi connectivity index (χ2v) is 5.15. The standard InChI is InChI=1S/C15H18F5NO4/c1-21(2)4-6-24-8-7-23-5-3-9(22)25-15-13(19)11(17)10(16)12(18)14(15)20/h3-8H2,1-2H3. The minimum Gasteiger partial charge on any atom is -0.420 e. The molecule has 0 heterocycles. The van der Waals surface area contributed by atoms with Crippen LogP contribution in [-0.4, -0.2) is 57.9 Å². The van der Waals surface area contributed by atoms with Crippen molar-refractivity contribution in [1.82, 2.24) is 4.90 Å².